The molecule has 0 aliphatic rings. The Morgan fingerprint density at radius 1 is 1.62 bits per heavy atom. The monoisotopic (exact) mass is 109 g/mol. The molecule has 0 unspecified atom stereocenters. The zero-order valence-electron chi connectivity index (χ0n) is 5.44. The number of rotatable bonds is 2. The van der Waals surface area contributed by atoms with Crippen LogP contribution in [0.4, 0.5) is 0 Å². The summed E-state index contributed by atoms with van der Waals surface area (Å²) < 4.78 is 0. The van der Waals surface area contributed by atoms with Crippen molar-refractivity contribution in [3.05, 3.63) is 11.6 Å². The lowest BCUT2D eigenvalue weighted by molar-refractivity contribution is 1.10. The molecule has 0 rings (SSSR count). The first-order valence-electron chi connectivity index (χ1n) is 2.94. The molecule has 0 saturated heterocycles. The fraction of sp³-hybridized carbons (Fsp3) is 0.571. The highest BCUT2D eigenvalue weighted by molar-refractivity contribution is 5.19. The number of nitriles is 1. The summed E-state index contributed by atoms with van der Waals surface area (Å²) in [7, 11) is 0. The van der Waals surface area contributed by atoms with Gasteiger partial charge in [-0.05, 0) is 12.8 Å². The molecule has 0 aliphatic heterocycles. The molecule has 0 aromatic heterocycles. The first-order valence-corrected chi connectivity index (χ1v) is 2.94. The standard InChI is InChI=1S/C7H11N/c1-3-5-7(4-2)6-8/h5H,3-4H2,1-2H3/b7-5+. The maximum absolute atomic E-state index is 8.34. The van der Waals surface area contributed by atoms with E-state index in [2.05, 4.69) is 6.07 Å². The summed E-state index contributed by atoms with van der Waals surface area (Å²) in [6.07, 6.45) is 3.79. The maximum atomic E-state index is 8.34. The van der Waals surface area contributed by atoms with E-state index in [-0.39, 0.29) is 0 Å². The van der Waals surface area contributed by atoms with Gasteiger partial charge >= 0.3 is 0 Å². The maximum Gasteiger partial charge on any atom is 0.0943 e. The van der Waals surface area contributed by atoms with Gasteiger partial charge in [0.05, 0.1) is 6.07 Å². The second-order valence-corrected chi connectivity index (χ2v) is 1.60. The molecular formula is C7H11N. The van der Waals surface area contributed by atoms with E-state index in [1.165, 1.54) is 0 Å². The molecule has 0 N–H and O–H groups in total. The van der Waals surface area contributed by atoms with Gasteiger partial charge in [0.15, 0.2) is 0 Å². The summed E-state index contributed by atoms with van der Waals surface area (Å²) in [6, 6.07) is 2.11. The molecule has 0 aromatic rings. The van der Waals surface area contributed by atoms with Crippen molar-refractivity contribution in [1.29, 1.82) is 5.26 Å². The van der Waals surface area contributed by atoms with Crippen LogP contribution >= 0.6 is 0 Å². The molecule has 0 aromatic carbocycles. The zero-order chi connectivity index (χ0) is 6.41. The van der Waals surface area contributed by atoms with Crippen LogP contribution in [0.15, 0.2) is 11.6 Å². The Balaban J connectivity index is 3.72. The number of hydrogen-bond donors (Lipinski definition) is 0. The van der Waals surface area contributed by atoms with Crippen LogP contribution in [0, 0.1) is 11.3 Å². The van der Waals surface area contributed by atoms with Crippen LogP contribution in [0.1, 0.15) is 26.7 Å². The van der Waals surface area contributed by atoms with Gasteiger partial charge in [-0.2, -0.15) is 5.26 Å². The minimum absolute atomic E-state index is 0.865. The third kappa shape index (κ3) is 2.41. The van der Waals surface area contributed by atoms with Gasteiger partial charge in [0, 0.05) is 5.57 Å². The van der Waals surface area contributed by atoms with Gasteiger partial charge in [-0.15, -0.1) is 0 Å². The zero-order valence-corrected chi connectivity index (χ0v) is 5.44. The molecular weight excluding hydrogens is 98.1 g/mol. The summed E-state index contributed by atoms with van der Waals surface area (Å²) in [5, 5.41) is 8.34. The van der Waals surface area contributed by atoms with E-state index in [1.807, 2.05) is 19.9 Å². The quantitative estimate of drug-likeness (QED) is 0.499. The number of allylic oxidation sites excluding steroid dienone is 2. The second kappa shape index (κ2) is 4.39. The van der Waals surface area contributed by atoms with Gasteiger partial charge in [0.1, 0.15) is 0 Å². The molecule has 0 radical (unpaired) electrons. The van der Waals surface area contributed by atoms with Gasteiger partial charge in [-0.1, -0.05) is 19.9 Å². The Morgan fingerprint density at radius 2 is 2.25 bits per heavy atom. The summed E-state index contributed by atoms with van der Waals surface area (Å²) in [5.74, 6) is 0. The van der Waals surface area contributed by atoms with Crippen molar-refractivity contribution in [2.45, 2.75) is 26.7 Å². The molecule has 0 spiro atoms. The molecule has 1 heteroatoms. The summed E-state index contributed by atoms with van der Waals surface area (Å²) in [4.78, 5) is 0. The van der Waals surface area contributed by atoms with Gasteiger partial charge in [-0.25, -0.2) is 0 Å². The van der Waals surface area contributed by atoms with Crippen LogP contribution in [0.25, 0.3) is 0 Å². The normalized spacial score (nSPS) is 10.9. The van der Waals surface area contributed by atoms with E-state index in [0.29, 0.717) is 0 Å². The lowest BCUT2D eigenvalue weighted by atomic mass is 10.2. The number of nitrogens with zero attached hydrogens (tertiary/aromatic N) is 1. The fourth-order valence-electron chi connectivity index (χ4n) is 0.515. The average Bonchev–Trinajstić information content (AvgIpc) is 1.83. The SMILES string of the molecule is CC/C=C(/C#N)CC. The summed E-state index contributed by atoms with van der Waals surface area (Å²) in [5.41, 5.74) is 0.896. The van der Waals surface area contributed by atoms with Crippen molar-refractivity contribution in [3.8, 4) is 6.07 Å². The largest absolute Gasteiger partial charge is 0.193 e. The molecule has 8 heavy (non-hydrogen) atoms. The molecule has 44 valence electrons. The van der Waals surface area contributed by atoms with E-state index in [0.717, 1.165) is 18.4 Å². The van der Waals surface area contributed by atoms with E-state index >= 15 is 0 Å². The van der Waals surface area contributed by atoms with E-state index in [1.54, 1.807) is 0 Å². The summed E-state index contributed by atoms with van der Waals surface area (Å²) >= 11 is 0. The predicted molar refractivity (Wildman–Crippen MR) is 34.3 cm³/mol. The van der Waals surface area contributed by atoms with E-state index < -0.39 is 0 Å². The Morgan fingerprint density at radius 3 is 2.38 bits per heavy atom. The smallest absolute Gasteiger partial charge is 0.0943 e. The van der Waals surface area contributed by atoms with Crippen LogP contribution in [-0.4, -0.2) is 0 Å². The van der Waals surface area contributed by atoms with Crippen molar-refractivity contribution < 1.29 is 0 Å². The van der Waals surface area contributed by atoms with Gasteiger partial charge < -0.3 is 0 Å². The lowest BCUT2D eigenvalue weighted by Crippen LogP contribution is -1.71. The topological polar surface area (TPSA) is 23.8 Å². The molecule has 0 aliphatic carbocycles. The third-order valence-electron chi connectivity index (χ3n) is 0.975. The highest BCUT2D eigenvalue weighted by Crippen LogP contribution is 1.98. The van der Waals surface area contributed by atoms with Gasteiger partial charge in [-0.3, -0.25) is 0 Å². The fourth-order valence-corrected chi connectivity index (χ4v) is 0.515. The van der Waals surface area contributed by atoms with Gasteiger partial charge in [0.2, 0.25) is 0 Å². The van der Waals surface area contributed by atoms with Crippen molar-refractivity contribution in [2.24, 2.45) is 0 Å². The first kappa shape index (κ1) is 7.23. The second-order valence-electron chi connectivity index (χ2n) is 1.60. The Bertz CT molecular complexity index is 117. The van der Waals surface area contributed by atoms with Gasteiger partial charge in [0.25, 0.3) is 0 Å². The van der Waals surface area contributed by atoms with Crippen LogP contribution in [0.3, 0.4) is 0 Å². The average molecular weight is 109 g/mol. The van der Waals surface area contributed by atoms with Crippen LogP contribution in [0.2, 0.25) is 0 Å². The molecule has 1 nitrogen and oxygen atoms in total. The Labute approximate surface area is 50.6 Å². The van der Waals surface area contributed by atoms with E-state index in [4.69, 9.17) is 5.26 Å². The molecule has 0 heterocycles. The summed E-state index contributed by atoms with van der Waals surface area (Å²) in [6.45, 7) is 4.03. The van der Waals surface area contributed by atoms with Crippen molar-refractivity contribution in [3.63, 3.8) is 0 Å². The highest BCUT2D eigenvalue weighted by Gasteiger charge is 1.84. The highest BCUT2D eigenvalue weighted by atomic mass is 14.2. The molecule has 0 amide bonds. The van der Waals surface area contributed by atoms with Crippen molar-refractivity contribution in [2.75, 3.05) is 0 Å². The third-order valence-corrected chi connectivity index (χ3v) is 0.975. The number of hydrogen-bond acceptors (Lipinski definition) is 1. The lowest BCUT2D eigenvalue weighted by Gasteiger charge is -1.85. The molecule has 0 atom stereocenters. The molecule has 0 saturated carbocycles. The van der Waals surface area contributed by atoms with Crippen molar-refractivity contribution >= 4 is 0 Å². The van der Waals surface area contributed by atoms with Crippen LogP contribution in [0.5, 0.6) is 0 Å². The minimum atomic E-state index is 0.865. The minimum Gasteiger partial charge on any atom is -0.193 e. The van der Waals surface area contributed by atoms with Crippen LogP contribution < -0.4 is 0 Å². The molecule has 0 bridgehead atoms. The Hall–Kier alpha value is -0.770. The van der Waals surface area contributed by atoms with E-state index in [9.17, 15) is 0 Å². The van der Waals surface area contributed by atoms with Crippen LogP contribution in [-0.2, 0) is 0 Å². The first-order chi connectivity index (χ1) is 3.85. The molecule has 0 fully saturated rings. The predicted octanol–water partition coefficient (Wildman–Crippen LogP) is 2.26. The Kier molecular flexibility index (Phi) is 3.97. The van der Waals surface area contributed by atoms with Crippen molar-refractivity contribution in [1.82, 2.24) is 0 Å².